The number of carbonyl (C=O) groups is 1. The van der Waals surface area contributed by atoms with Gasteiger partial charge in [-0.3, -0.25) is 4.79 Å². The fourth-order valence-electron chi connectivity index (χ4n) is 0.297. The van der Waals surface area contributed by atoms with Crippen molar-refractivity contribution in [2.45, 2.75) is 13.3 Å². The summed E-state index contributed by atoms with van der Waals surface area (Å²) in [6.45, 7) is 5.26. The Bertz CT molecular complexity index is 84.3. The Morgan fingerprint density at radius 3 is 2.29 bits per heavy atom. The molecule has 0 aliphatic rings. The number of hydrogen-bond donors (Lipinski definition) is 1. The van der Waals surface area contributed by atoms with Gasteiger partial charge >= 0.3 is 0 Å². The second-order valence-electron chi connectivity index (χ2n) is 1.60. The molecule has 0 atom stereocenters. The molecule has 0 unspecified atom stereocenters. The maximum atomic E-state index is 9.97. The van der Waals surface area contributed by atoms with Gasteiger partial charge in [-0.1, -0.05) is 12.2 Å². The molecule has 0 spiro atoms. The van der Waals surface area contributed by atoms with Gasteiger partial charge in [-0.05, 0) is 6.92 Å². The Morgan fingerprint density at radius 2 is 2.29 bits per heavy atom. The quantitative estimate of drug-likeness (QED) is 0.501. The van der Waals surface area contributed by atoms with Crippen molar-refractivity contribution in [2.75, 3.05) is 0 Å². The maximum absolute atomic E-state index is 9.97. The molecule has 0 aromatic rings. The molecule has 0 fully saturated rings. The Hall–Kier alpha value is -0.790. The first kappa shape index (κ1) is 6.21. The minimum absolute atomic E-state index is 0.306. The van der Waals surface area contributed by atoms with Crippen LogP contribution in [0.25, 0.3) is 0 Å². The van der Waals surface area contributed by atoms with Crippen LogP contribution in [0.15, 0.2) is 12.2 Å². The first-order valence-electron chi connectivity index (χ1n) is 2.05. The predicted octanol–water partition coefficient (Wildman–Crippen LogP) is 0.438. The first-order chi connectivity index (χ1) is 3.13. The van der Waals surface area contributed by atoms with Crippen molar-refractivity contribution in [3.8, 4) is 0 Å². The summed E-state index contributed by atoms with van der Waals surface area (Å²) in [6.07, 6.45) is 0.306. The van der Waals surface area contributed by atoms with Crippen molar-refractivity contribution < 1.29 is 4.79 Å². The number of rotatable bonds is 2. The lowest BCUT2D eigenvalue weighted by Crippen LogP contribution is -2.09. The van der Waals surface area contributed by atoms with Crippen molar-refractivity contribution in [3.05, 3.63) is 12.2 Å². The first-order valence-corrected chi connectivity index (χ1v) is 2.05. The molecule has 0 radical (unpaired) electrons. The highest BCUT2D eigenvalue weighted by atomic mass is 16.1. The fourth-order valence-corrected chi connectivity index (χ4v) is 0.297. The zero-order valence-electron chi connectivity index (χ0n) is 4.40. The van der Waals surface area contributed by atoms with Crippen LogP contribution in [0.5, 0.6) is 0 Å². The monoisotopic (exact) mass is 99.1 g/mol. The van der Waals surface area contributed by atoms with Gasteiger partial charge in [-0.2, -0.15) is 0 Å². The van der Waals surface area contributed by atoms with Gasteiger partial charge in [0.2, 0.25) is 5.91 Å². The minimum Gasteiger partial charge on any atom is -0.369 e. The van der Waals surface area contributed by atoms with Gasteiger partial charge in [0, 0.05) is 6.42 Å². The van der Waals surface area contributed by atoms with E-state index < -0.39 is 0 Å². The van der Waals surface area contributed by atoms with Crippen molar-refractivity contribution in [1.29, 1.82) is 0 Å². The number of nitrogens with two attached hydrogens (primary N) is 1. The van der Waals surface area contributed by atoms with Gasteiger partial charge in [-0.25, -0.2) is 0 Å². The van der Waals surface area contributed by atoms with E-state index in [1.165, 1.54) is 0 Å². The van der Waals surface area contributed by atoms with E-state index in [1.807, 2.05) is 0 Å². The van der Waals surface area contributed by atoms with Gasteiger partial charge in [0.25, 0.3) is 0 Å². The summed E-state index contributed by atoms with van der Waals surface area (Å²) in [5, 5.41) is 0. The third-order valence-corrected chi connectivity index (χ3v) is 0.476. The van der Waals surface area contributed by atoms with E-state index in [0.717, 1.165) is 5.57 Å². The normalized spacial score (nSPS) is 8.14. The lowest BCUT2D eigenvalue weighted by atomic mass is 10.2. The van der Waals surface area contributed by atoms with Crippen LogP contribution in [0, 0.1) is 0 Å². The molecule has 0 saturated heterocycles. The van der Waals surface area contributed by atoms with Gasteiger partial charge in [0.15, 0.2) is 0 Å². The zero-order chi connectivity index (χ0) is 5.86. The summed E-state index contributed by atoms with van der Waals surface area (Å²) in [4.78, 5) is 9.97. The molecule has 0 aliphatic heterocycles. The molecular formula is C5H9NO. The molecule has 2 N–H and O–H groups in total. The van der Waals surface area contributed by atoms with E-state index in [2.05, 4.69) is 6.58 Å². The highest BCUT2D eigenvalue weighted by Gasteiger charge is 1.89. The van der Waals surface area contributed by atoms with Crippen molar-refractivity contribution in [3.63, 3.8) is 0 Å². The third-order valence-electron chi connectivity index (χ3n) is 0.476. The molecule has 40 valence electrons. The van der Waals surface area contributed by atoms with E-state index in [9.17, 15) is 4.79 Å². The van der Waals surface area contributed by atoms with E-state index in [4.69, 9.17) is 5.73 Å². The largest absolute Gasteiger partial charge is 0.369 e. The third kappa shape index (κ3) is 5.21. The average Bonchev–Trinajstić information content (AvgIpc) is 1.27. The molecule has 7 heavy (non-hydrogen) atoms. The average molecular weight is 99.1 g/mol. The summed E-state index contributed by atoms with van der Waals surface area (Å²) >= 11 is 0. The van der Waals surface area contributed by atoms with Crippen molar-refractivity contribution in [1.82, 2.24) is 0 Å². The molecular weight excluding hydrogens is 90.1 g/mol. The van der Waals surface area contributed by atoms with Crippen LogP contribution in [-0.4, -0.2) is 5.91 Å². The Balaban J connectivity index is 3.32. The SMILES string of the molecule is C=C(C)CC(N)=O. The lowest BCUT2D eigenvalue weighted by molar-refractivity contribution is -0.117. The molecule has 0 rings (SSSR count). The summed E-state index contributed by atoms with van der Waals surface area (Å²) in [5.74, 6) is -0.312. The molecule has 1 amide bonds. The van der Waals surface area contributed by atoms with Crippen LogP contribution in [0.1, 0.15) is 13.3 Å². The Kier molecular flexibility index (Phi) is 2.12. The second kappa shape index (κ2) is 2.39. The van der Waals surface area contributed by atoms with Gasteiger partial charge < -0.3 is 5.73 Å². The molecule has 0 aromatic carbocycles. The Labute approximate surface area is 43.0 Å². The number of primary amides is 1. The van der Waals surface area contributed by atoms with E-state index in [0.29, 0.717) is 6.42 Å². The summed E-state index contributed by atoms with van der Waals surface area (Å²) in [5.41, 5.74) is 5.61. The number of amides is 1. The van der Waals surface area contributed by atoms with Crippen LogP contribution in [0.4, 0.5) is 0 Å². The molecule has 0 bridgehead atoms. The van der Waals surface area contributed by atoms with Gasteiger partial charge in [0.1, 0.15) is 0 Å². The minimum atomic E-state index is -0.312. The van der Waals surface area contributed by atoms with E-state index in [-0.39, 0.29) is 5.91 Å². The molecule has 0 saturated carbocycles. The fraction of sp³-hybridized carbons (Fsp3) is 0.400. The van der Waals surface area contributed by atoms with E-state index >= 15 is 0 Å². The van der Waals surface area contributed by atoms with Crippen LogP contribution in [-0.2, 0) is 4.79 Å². The number of hydrogen-bond acceptors (Lipinski definition) is 1. The molecule has 0 aromatic heterocycles. The summed E-state index contributed by atoms with van der Waals surface area (Å²) in [6, 6.07) is 0. The topological polar surface area (TPSA) is 43.1 Å². The highest BCUT2D eigenvalue weighted by molar-refractivity contribution is 5.76. The smallest absolute Gasteiger partial charge is 0.221 e. The zero-order valence-corrected chi connectivity index (χ0v) is 4.40. The Morgan fingerprint density at radius 1 is 1.86 bits per heavy atom. The summed E-state index contributed by atoms with van der Waals surface area (Å²) < 4.78 is 0. The van der Waals surface area contributed by atoms with Gasteiger partial charge in [0.05, 0.1) is 0 Å². The van der Waals surface area contributed by atoms with Crippen LogP contribution in [0.3, 0.4) is 0 Å². The lowest BCUT2D eigenvalue weighted by Gasteiger charge is -1.87. The van der Waals surface area contributed by atoms with E-state index in [1.54, 1.807) is 6.92 Å². The second-order valence-corrected chi connectivity index (χ2v) is 1.60. The van der Waals surface area contributed by atoms with Crippen LogP contribution < -0.4 is 5.73 Å². The van der Waals surface area contributed by atoms with Crippen molar-refractivity contribution >= 4 is 5.91 Å². The predicted molar refractivity (Wildman–Crippen MR) is 28.6 cm³/mol. The molecule has 2 heteroatoms. The van der Waals surface area contributed by atoms with Crippen LogP contribution in [0.2, 0.25) is 0 Å². The highest BCUT2D eigenvalue weighted by Crippen LogP contribution is 1.90. The standard InChI is InChI=1S/C5H9NO/c1-4(2)3-5(6)7/h1,3H2,2H3,(H2,6,7). The van der Waals surface area contributed by atoms with Crippen LogP contribution >= 0.6 is 0 Å². The van der Waals surface area contributed by atoms with Crippen molar-refractivity contribution in [2.24, 2.45) is 5.73 Å². The molecule has 0 aliphatic carbocycles. The molecule has 0 heterocycles. The number of carbonyl (C=O) groups excluding carboxylic acids is 1. The van der Waals surface area contributed by atoms with Gasteiger partial charge in [-0.15, -0.1) is 0 Å². The molecule has 2 nitrogen and oxygen atoms in total. The maximum Gasteiger partial charge on any atom is 0.221 e. The summed E-state index contributed by atoms with van der Waals surface area (Å²) in [7, 11) is 0.